The molecular weight excluding hydrogens is 420 g/mol. The summed E-state index contributed by atoms with van der Waals surface area (Å²) in [5.74, 6) is 1.78. The van der Waals surface area contributed by atoms with Gasteiger partial charge in [-0.15, -0.1) is 0 Å². The molecule has 0 aliphatic rings. The largest absolute Gasteiger partial charge is 0.497 e. The Morgan fingerprint density at radius 1 is 1.18 bits per heavy atom. The summed E-state index contributed by atoms with van der Waals surface area (Å²) >= 11 is 0. The van der Waals surface area contributed by atoms with Gasteiger partial charge in [0.05, 0.1) is 35.4 Å². The minimum Gasteiger partial charge on any atom is -0.497 e. The molecule has 1 atom stereocenters. The molecule has 0 fully saturated rings. The normalized spacial score (nSPS) is 12.0. The molecule has 1 aromatic carbocycles. The highest BCUT2D eigenvalue weighted by atomic mass is 16.5. The highest BCUT2D eigenvalue weighted by molar-refractivity contribution is 5.96. The maximum absolute atomic E-state index is 13.2. The highest BCUT2D eigenvalue weighted by Crippen LogP contribution is 2.33. The van der Waals surface area contributed by atoms with Crippen molar-refractivity contribution in [2.45, 2.75) is 26.8 Å². The smallest absolute Gasteiger partial charge is 0.261 e. The van der Waals surface area contributed by atoms with Crippen molar-refractivity contribution < 1.29 is 4.74 Å². The lowest BCUT2D eigenvalue weighted by Gasteiger charge is -2.18. The fraction of sp³-hybridized carbons (Fsp3) is 0.261. The van der Waals surface area contributed by atoms with E-state index in [1.165, 1.54) is 0 Å². The van der Waals surface area contributed by atoms with Crippen LogP contribution in [0.15, 0.2) is 47.7 Å². The Labute approximate surface area is 190 Å². The van der Waals surface area contributed by atoms with Crippen LogP contribution < -0.4 is 15.6 Å². The predicted octanol–water partition coefficient (Wildman–Crippen LogP) is 3.80. The Hall–Kier alpha value is -4.21. The molecule has 0 saturated carbocycles. The van der Waals surface area contributed by atoms with E-state index in [-0.39, 0.29) is 19.0 Å². The van der Waals surface area contributed by atoms with Gasteiger partial charge in [-0.05, 0) is 24.6 Å². The van der Waals surface area contributed by atoms with Crippen LogP contribution in [-0.2, 0) is 7.05 Å². The van der Waals surface area contributed by atoms with Crippen LogP contribution in [0.2, 0.25) is 0 Å². The molecule has 5 rings (SSSR count). The van der Waals surface area contributed by atoms with Crippen molar-refractivity contribution in [1.82, 2.24) is 34.7 Å². The SMILES string of the molecule is C.CC[C@H](Nc1c(-c2nc3ccc(OC)cc3[nH]2)c(=O)[nH]c2cn(C)nc12)c1ncccn1. The molecule has 4 aromatic heterocycles. The minimum atomic E-state index is -0.275. The number of rotatable bonds is 6. The first-order valence-corrected chi connectivity index (χ1v) is 10.2. The van der Waals surface area contributed by atoms with Crippen molar-refractivity contribution in [2.24, 2.45) is 7.05 Å². The van der Waals surface area contributed by atoms with E-state index in [2.05, 4.69) is 35.3 Å². The maximum atomic E-state index is 13.2. The van der Waals surface area contributed by atoms with Gasteiger partial charge < -0.3 is 20.0 Å². The molecule has 0 saturated heterocycles. The van der Waals surface area contributed by atoms with Gasteiger partial charge in [0.25, 0.3) is 5.56 Å². The van der Waals surface area contributed by atoms with E-state index < -0.39 is 0 Å². The van der Waals surface area contributed by atoms with Gasteiger partial charge in [-0.2, -0.15) is 5.10 Å². The molecule has 0 aliphatic carbocycles. The summed E-state index contributed by atoms with van der Waals surface area (Å²) in [4.78, 5) is 32.8. The number of benzene rings is 1. The van der Waals surface area contributed by atoms with E-state index in [0.717, 1.165) is 11.0 Å². The molecule has 0 aliphatic heterocycles. The number of aryl methyl sites for hydroxylation is 1. The van der Waals surface area contributed by atoms with Crippen molar-refractivity contribution in [1.29, 1.82) is 0 Å². The fourth-order valence-corrected chi connectivity index (χ4v) is 3.80. The number of imidazole rings is 1. The zero-order valence-electron chi connectivity index (χ0n) is 17.9. The van der Waals surface area contributed by atoms with Gasteiger partial charge in [0.2, 0.25) is 0 Å². The van der Waals surface area contributed by atoms with Gasteiger partial charge in [0.15, 0.2) is 0 Å². The number of pyridine rings is 1. The van der Waals surface area contributed by atoms with Crippen LogP contribution in [0.25, 0.3) is 33.5 Å². The van der Waals surface area contributed by atoms with Gasteiger partial charge in [-0.3, -0.25) is 9.48 Å². The summed E-state index contributed by atoms with van der Waals surface area (Å²) in [5.41, 5.74) is 3.44. The van der Waals surface area contributed by atoms with Crippen LogP contribution >= 0.6 is 0 Å². The molecule has 33 heavy (non-hydrogen) atoms. The average Bonchev–Trinajstić information content (AvgIpc) is 3.39. The molecule has 10 nitrogen and oxygen atoms in total. The zero-order chi connectivity index (χ0) is 22.2. The standard InChI is InChI=1S/C22H22N8O2.CH4/c1-4-13(20-23-8-5-9-24-20)25-19-17(22(31)28-16-11-30(2)29-18(16)19)21-26-14-7-6-12(32-3)10-15(14)27-21;/h5-11,13,25H,4H2,1-3H3,(H,26,27)(H,28,31);1H4/t13-;/m0./s1. The number of aromatic amines is 2. The van der Waals surface area contributed by atoms with Crippen LogP contribution in [0.3, 0.4) is 0 Å². The number of hydrogen-bond acceptors (Lipinski definition) is 7. The third kappa shape index (κ3) is 3.91. The summed E-state index contributed by atoms with van der Waals surface area (Å²) in [5, 5.41) is 8.05. The number of aromatic nitrogens is 7. The molecule has 0 unspecified atom stereocenters. The van der Waals surface area contributed by atoms with Gasteiger partial charge in [-0.1, -0.05) is 14.4 Å². The van der Waals surface area contributed by atoms with Crippen molar-refractivity contribution in [2.75, 3.05) is 12.4 Å². The second kappa shape index (κ2) is 8.73. The summed E-state index contributed by atoms with van der Waals surface area (Å²) in [6.07, 6.45) is 5.89. The predicted molar refractivity (Wildman–Crippen MR) is 128 cm³/mol. The Balaban J connectivity index is 0.00000259. The first kappa shape index (κ1) is 22.0. The van der Waals surface area contributed by atoms with Crippen molar-refractivity contribution in [3.63, 3.8) is 0 Å². The molecule has 0 amide bonds. The van der Waals surface area contributed by atoms with E-state index in [9.17, 15) is 4.79 Å². The summed E-state index contributed by atoms with van der Waals surface area (Å²) < 4.78 is 6.97. The Bertz CT molecular complexity index is 1470. The Morgan fingerprint density at radius 3 is 2.70 bits per heavy atom. The molecule has 10 heteroatoms. The summed E-state index contributed by atoms with van der Waals surface area (Å²) in [6.45, 7) is 2.03. The molecule has 170 valence electrons. The number of ether oxygens (including phenoxy) is 1. The third-order valence-corrected chi connectivity index (χ3v) is 5.34. The number of fused-ring (bicyclic) bond motifs is 2. The van der Waals surface area contributed by atoms with Crippen LogP contribution in [0.5, 0.6) is 5.75 Å². The van der Waals surface area contributed by atoms with Crippen LogP contribution in [0, 0.1) is 0 Å². The van der Waals surface area contributed by atoms with Crippen LogP contribution in [0.1, 0.15) is 32.6 Å². The van der Waals surface area contributed by atoms with E-state index in [1.807, 2.05) is 32.2 Å². The van der Waals surface area contributed by atoms with Gasteiger partial charge in [-0.25, -0.2) is 15.0 Å². The van der Waals surface area contributed by atoms with Gasteiger partial charge in [0.1, 0.15) is 28.5 Å². The average molecular weight is 447 g/mol. The first-order valence-electron chi connectivity index (χ1n) is 10.2. The second-order valence-electron chi connectivity index (χ2n) is 7.45. The van der Waals surface area contributed by atoms with Crippen LogP contribution in [-0.4, -0.2) is 41.8 Å². The lowest BCUT2D eigenvalue weighted by molar-refractivity contribution is 0.415. The van der Waals surface area contributed by atoms with Crippen molar-refractivity contribution in [3.05, 3.63) is 59.0 Å². The molecular formula is C23H26N8O2. The molecule has 5 aromatic rings. The Morgan fingerprint density at radius 2 is 1.97 bits per heavy atom. The number of anilines is 1. The lowest BCUT2D eigenvalue weighted by atomic mass is 10.1. The van der Waals surface area contributed by atoms with Crippen LogP contribution in [0.4, 0.5) is 5.69 Å². The quantitative estimate of drug-likeness (QED) is 0.362. The maximum Gasteiger partial charge on any atom is 0.261 e. The number of hydrogen-bond donors (Lipinski definition) is 3. The van der Waals surface area contributed by atoms with E-state index in [4.69, 9.17) is 4.74 Å². The molecule has 4 heterocycles. The fourth-order valence-electron chi connectivity index (χ4n) is 3.80. The minimum absolute atomic E-state index is 0. The number of H-pyrrole nitrogens is 2. The third-order valence-electron chi connectivity index (χ3n) is 5.34. The second-order valence-corrected chi connectivity index (χ2v) is 7.45. The molecule has 0 spiro atoms. The van der Waals surface area contributed by atoms with E-state index >= 15 is 0 Å². The zero-order valence-corrected chi connectivity index (χ0v) is 17.9. The van der Waals surface area contributed by atoms with Gasteiger partial charge in [0, 0.05) is 31.7 Å². The molecule has 0 bridgehead atoms. The monoisotopic (exact) mass is 446 g/mol. The molecule has 0 radical (unpaired) electrons. The van der Waals surface area contributed by atoms with Gasteiger partial charge >= 0.3 is 0 Å². The highest BCUT2D eigenvalue weighted by Gasteiger charge is 2.23. The van der Waals surface area contributed by atoms with E-state index in [1.54, 1.807) is 36.4 Å². The summed E-state index contributed by atoms with van der Waals surface area (Å²) in [7, 11) is 3.42. The lowest BCUT2D eigenvalue weighted by Crippen LogP contribution is -2.18. The number of nitrogens with one attached hydrogen (secondary N) is 3. The Kier molecular flexibility index (Phi) is 5.82. The number of methoxy groups -OCH3 is 1. The van der Waals surface area contributed by atoms with Crippen molar-refractivity contribution >= 4 is 27.8 Å². The summed E-state index contributed by atoms with van der Waals surface area (Å²) in [6, 6.07) is 7.08. The molecule has 3 N–H and O–H groups in total. The van der Waals surface area contributed by atoms with Crippen molar-refractivity contribution in [3.8, 4) is 17.1 Å². The first-order chi connectivity index (χ1) is 15.6. The van der Waals surface area contributed by atoms with E-state index in [0.29, 0.717) is 46.1 Å². The topological polar surface area (TPSA) is 126 Å². The number of nitrogens with zero attached hydrogens (tertiary/aromatic N) is 5.